The molecule has 1 aromatic carbocycles. The molecule has 1 aliphatic rings. The van der Waals surface area contributed by atoms with Crippen LogP contribution in [0.1, 0.15) is 29.9 Å². The molecule has 1 saturated heterocycles. The number of primary amides is 1. The molecule has 1 amide bonds. The summed E-state index contributed by atoms with van der Waals surface area (Å²) in [5.74, 6) is -0.502. The highest BCUT2D eigenvalue weighted by Crippen LogP contribution is 2.23. The summed E-state index contributed by atoms with van der Waals surface area (Å²) >= 11 is 0. The van der Waals surface area contributed by atoms with E-state index in [9.17, 15) is 4.79 Å². The second-order valence-electron chi connectivity index (χ2n) is 4.88. The van der Waals surface area contributed by atoms with Gasteiger partial charge in [0.25, 0.3) is 0 Å². The number of nitrogens with two attached hydrogens (primary N) is 1. The highest BCUT2D eigenvalue weighted by Gasteiger charge is 2.14. The number of rotatable bonds is 3. The Hall–Kier alpha value is -2.37. The van der Waals surface area contributed by atoms with Crippen molar-refractivity contribution in [3.63, 3.8) is 0 Å². The van der Waals surface area contributed by atoms with Crippen LogP contribution in [0.25, 0.3) is 11.4 Å². The van der Waals surface area contributed by atoms with Crippen molar-refractivity contribution in [3.05, 3.63) is 30.2 Å². The molecular formula is C14H16N4O2. The van der Waals surface area contributed by atoms with Crippen molar-refractivity contribution in [3.8, 4) is 11.4 Å². The zero-order valence-electron chi connectivity index (χ0n) is 11.1. The Balaban J connectivity index is 1.79. The van der Waals surface area contributed by atoms with Crippen molar-refractivity contribution in [1.29, 1.82) is 0 Å². The highest BCUT2D eigenvalue weighted by molar-refractivity contribution is 5.88. The highest BCUT2D eigenvalue weighted by atomic mass is 16.5. The van der Waals surface area contributed by atoms with Gasteiger partial charge >= 0.3 is 11.8 Å². The maximum Gasteiger partial charge on any atom is 0.316 e. The smallest absolute Gasteiger partial charge is 0.316 e. The molecule has 6 nitrogen and oxygen atoms in total. The first kappa shape index (κ1) is 12.7. The molecule has 1 aliphatic heterocycles. The van der Waals surface area contributed by atoms with Gasteiger partial charge in [-0.05, 0) is 43.5 Å². The normalized spacial score (nSPS) is 15.3. The fourth-order valence-corrected chi connectivity index (χ4v) is 2.41. The number of piperidine rings is 1. The molecule has 0 saturated carbocycles. The summed E-state index contributed by atoms with van der Waals surface area (Å²) < 4.78 is 4.78. The Labute approximate surface area is 116 Å². The van der Waals surface area contributed by atoms with E-state index in [1.807, 2.05) is 24.3 Å². The van der Waals surface area contributed by atoms with Crippen molar-refractivity contribution in [2.45, 2.75) is 19.3 Å². The molecule has 0 spiro atoms. The molecule has 0 aliphatic carbocycles. The van der Waals surface area contributed by atoms with Gasteiger partial charge in [0.15, 0.2) is 0 Å². The summed E-state index contributed by atoms with van der Waals surface area (Å²) in [6.07, 6.45) is 3.80. The summed E-state index contributed by atoms with van der Waals surface area (Å²) in [6.45, 7) is 2.21. The molecule has 104 valence electrons. The molecule has 0 unspecified atom stereocenters. The minimum atomic E-state index is -0.714. The van der Waals surface area contributed by atoms with Crippen LogP contribution < -0.4 is 10.6 Å². The predicted octanol–water partition coefficient (Wildman–Crippen LogP) is 1.83. The average Bonchev–Trinajstić information content (AvgIpc) is 2.98. The van der Waals surface area contributed by atoms with Crippen LogP contribution in [0, 0.1) is 0 Å². The predicted molar refractivity (Wildman–Crippen MR) is 74.3 cm³/mol. The van der Waals surface area contributed by atoms with Crippen LogP contribution in [0.2, 0.25) is 0 Å². The first-order valence-corrected chi connectivity index (χ1v) is 6.73. The first-order valence-electron chi connectivity index (χ1n) is 6.73. The van der Waals surface area contributed by atoms with Gasteiger partial charge in [-0.2, -0.15) is 4.98 Å². The van der Waals surface area contributed by atoms with E-state index in [4.69, 9.17) is 10.3 Å². The maximum atomic E-state index is 10.9. The SMILES string of the molecule is NC(=O)c1nc(-c2ccc(N3CCCCC3)cc2)no1. The quantitative estimate of drug-likeness (QED) is 0.921. The van der Waals surface area contributed by atoms with Crippen molar-refractivity contribution in [2.75, 3.05) is 18.0 Å². The molecule has 1 fully saturated rings. The van der Waals surface area contributed by atoms with Crippen LogP contribution in [0.5, 0.6) is 0 Å². The van der Waals surface area contributed by atoms with Crippen molar-refractivity contribution >= 4 is 11.6 Å². The largest absolute Gasteiger partial charge is 0.372 e. The van der Waals surface area contributed by atoms with Gasteiger partial charge in [-0.3, -0.25) is 4.79 Å². The second kappa shape index (κ2) is 5.32. The fourth-order valence-electron chi connectivity index (χ4n) is 2.41. The molecule has 1 aromatic heterocycles. The van der Waals surface area contributed by atoms with E-state index in [0.717, 1.165) is 18.7 Å². The molecule has 0 atom stereocenters. The molecule has 0 bridgehead atoms. The van der Waals surface area contributed by atoms with Gasteiger partial charge in [-0.25, -0.2) is 0 Å². The van der Waals surface area contributed by atoms with Gasteiger partial charge in [0.05, 0.1) is 0 Å². The molecule has 2 N–H and O–H groups in total. The van der Waals surface area contributed by atoms with E-state index in [2.05, 4.69) is 15.0 Å². The number of hydrogen-bond acceptors (Lipinski definition) is 5. The lowest BCUT2D eigenvalue weighted by atomic mass is 10.1. The number of amides is 1. The standard InChI is InChI=1S/C14H16N4O2/c15-12(19)14-16-13(17-20-14)10-4-6-11(7-5-10)18-8-2-1-3-9-18/h4-7H,1-3,8-9H2,(H2,15,19). The fraction of sp³-hybridized carbons (Fsp3) is 0.357. The number of nitrogens with zero attached hydrogens (tertiary/aromatic N) is 3. The number of anilines is 1. The molecule has 2 heterocycles. The van der Waals surface area contributed by atoms with E-state index in [0.29, 0.717) is 5.82 Å². The Bertz CT molecular complexity index is 600. The van der Waals surface area contributed by atoms with Crippen LogP contribution >= 0.6 is 0 Å². The Morgan fingerprint density at radius 1 is 1.15 bits per heavy atom. The van der Waals surface area contributed by atoms with E-state index >= 15 is 0 Å². The lowest BCUT2D eigenvalue weighted by Crippen LogP contribution is -2.29. The van der Waals surface area contributed by atoms with Crippen LogP contribution in [-0.4, -0.2) is 29.1 Å². The summed E-state index contributed by atoms with van der Waals surface area (Å²) in [5, 5.41) is 3.75. The van der Waals surface area contributed by atoms with Crippen LogP contribution in [0.4, 0.5) is 5.69 Å². The Morgan fingerprint density at radius 3 is 2.45 bits per heavy atom. The van der Waals surface area contributed by atoms with Crippen molar-refractivity contribution in [2.24, 2.45) is 5.73 Å². The van der Waals surface area contributed by atoms with Gasteiger partial charge in [0, 0.05) is 24.3 Å². The summed E-state index contributed by atoms with van der Waals surface area (Å²) in [5.41, 5.74) is 7.09. The Kier molecular flexibility index (Phi) is 3.37. The Morgan fingerprint density at radius 2 is 1.85 bits per heavy atom. The molecule has 3 rings (SSSR count). The molecule has 2 aromatic rings. The molecule has 6 heteroatoms. The number of carbonyl (C=O) groups is 1. The summed E-state index contributed by atoms with van der Waals surface area (Å²) in [4.78, 5) is 17.3. The summed E-state index contributed by atoms with van der Waals surface area (Å²) in [6, 6.07) is 7.95. The first-order chi connectivity index (χ1) is 9.74. The van der Waals surface area contributed by atoms with Crippen molar-refractivity contribution in [1.82, 2.24) is 10.1 Å². The van der Waals surface area contributed by atoms with Gasteiger partial charge in [0.2, 0.25) is 5.82 Å². The zero-order valence-corrected chi connectivity index (χ0v) is 11.1. The van der Waals surface area contributed by atoms with Gasteiger partial charge in [0.1, 0.15) is 0 Å². The number of carbonyl (C=O) groups excluding carboxylic acids is 1. The molecule has 20 heavy (non-hydrogen) atoms. The van der Waals surface area contributed by atoms with E-state index < -0.39 is 5.91 Å². The summed E-state index contributed by atoms with van der Waals surface area (Å²) in [7, 11) is 0. The van der Waals surface area contributed by atoms with E-state index in [1.54, 1.807) is 0 Å². The van der Waals surface area contributed by atoms with Crippen LogP contribution in [0.3, 0.4) is 0 Å². The van der Waals surface area contributed by atoms with Crippen LogP contribution in [-0.2, 0) is 0 Å². The molecular weight excluding hydrogens is 256 g/mol. The minimum absolute atomic E-state index is 0.167. The van der Waals surface area contributed by atoms with Crippen LogP contribution in [0.15, 0.2) is 28.8 Å². The van der Waals surface area contributed by atoms with Crippen molar-refractivity contribution < 1.29 is 9.32 Å². The lowest BCUT2D eigenvalue weighted by molar-refractivity contribution is 0.0958. The monoisotopic (exact) mass is 272 g/mol. The van der Waals surface area contributed by atoms with Gasteiger partial charge in [-0.1, -0.05) is 5.16 Å². The third-order valence-corrected chi connectivity index (χ3v) is 3.48. The number of hydrogen-bond donors (Lipinski definition) is 1. The lowest BCUT2D eigenvalue weighted by Gasteiger charge is -2.28. The van der Waals surface area contributed by atoms with Gasteiger partial charge in [-0.15, -0.1) is 0 Å². The topological polar surface area (TPSA) is 85.3 Å². The van der Waals surface area contributed by atoms with E-state index in [-0.39, 0.29) is 5.89 Å². The average molecular weight is 272 g/mol. The number of benzene rings is 1. The molecule has 0 radical (unpaired) electrons. The third kappa shape index (κ3) is 2.49. The minimum Gasteiger partial charge on any atom is -0.372 e. The second-order valence-corrected chi connectivity index (χ2v) is 4.88. The third-order valence-electron chi connectivity index (χ3n) is 3.48. The zero-order chi connectivity index (χ0) is 13.9. The van der Waals surface area contributed by atoms with E-state index in [1.165, 1.54) is 24.9 Å². The maximum absolute atomic E-state index is 10.9. The number of aromatic nitrogens is 2. The van der Waals surface area contributed by atoms with Gasteiger partial charge < -0.3 is 15.2 Å².